The number of hydrogen-bond donors (Lipinski definition) is 1. The van der Waals surface area contributed by atoms with E-state index in [4.69, 9.17) is 9.47 Å². The van der Waals surface area contributed by atoms with Crippen molar-refractivity contribution in [2.45, 2.75) is 20.3 Å². The Hall–Kier alpha value is -2.49. The van der Waals surface area contributed by atoms with E-state index in [0.29, 0.717) is 12.3 Å². The summed E-state index contributed by atoms with van der Waals surface area (Å²) < 4.78 is 11.2. The lowest BCUT2D eigenvalue weighted by molar-refractivity contribution is -0.123. The highest BCUT2D eigenvalue weighted by molar-refractivity contribution is 5.77. The van der Waals surface area contributed by atoms with Crippen molar-refractivity contribution in [3.8, 4) is 17.2 Å². The number of rotatable bonds is 7. The molecule has 2 aromatic rings. The maximum atomic E-state index is 11.5. The van der Waals surface area contributed by atoms with Crippen molar-refractivity contribution in [1.82, 2.24) is 5.32 Å². The minimum atomic E-state index is -0.109. The van der Waals surface area contributed by atoms with E-state index in [2.05, 4.69) is 5.32 Å². The van der Waals surface area contributed by atoms with E-state index in [1.165, 1.54) is 5.56 Å². The molecule has 4 nitrogen and oxygen atoms in total. The third kappa shape index (κ3) is 5.13. The minimum absolute atomic E-state index is 0.0260. The van der Waals surface area contributed by atoms with Crippen molar-refractivity contribution in [3.05, 3.63) is 54.1 Å². The lowest BCUT2D eigenvalue weighted by Gasteiger charge is -2.09. The van der Waals surface area contributed by atoms with Gasteiger partial charge in [-0.2, -0.15) is 0 Å². The molecule has 0 saturated heterocycles. The Morgan fingerprint density at radius 3 is 2.09 bits per heavy atom. The molecule has 0 aliphatic carbocycles. The van der Waals surface area contributed by atoms with Crippen LogP contribution in [0.15, 0.2) is 48.5 Å². The van der Waals surface area contributed by atoms with Gasteiger partial charge in [-0.15, -0.1) is 0 Å². The first kappa shape index (κ1) is 15.9. The van der Waals surface area contributed by atoms with E-state index in [1.54, 1.807) is 12.1 Å². The van der Waals surface area contributed by atoms with E-state index in [9.17, 15) is 4.79 Å². The highest BCUT2D eigenvalue weighted by Gasteiger charge is 2.02. The Bertz CT molecular complexity index is 591. The maximum absolute atomic E-state index is 11.5. The summed E-state index contributed by atoms with van der Waals surface area (Å²) in [5.41, 5.74) is 1.19. The average Bonchev–Trinajstić information content (AvgIpc) is 2.54. The Balaban J connectivity index is 1.85. The van der Waals surface area contributed by atoms with Crippen molar-refractivity contribution in [3.63, 3.8) is 0 Å². The van der Waals surface area contributed by atoms with Crippen molar-refractivity contribution >= 4 is 5.91 Å². The molecule has 0 unspecified atom stereocenters. The summed E-state index contributed by atoms with van der Waals surface area (Å²) in [5.74, 6) is 2.05. The fraction of sp³-hybridized carbons (Fsp3) is 0.278. The molecule has 1 N–H and O–H groups in total. The summed E-state index contributed by atoms with van der Waals surface area (Å²) in [6, 6.07) is 15.1. The lowest BCUT2D eigenvalue weighted by Crippen LogP contribution is -2.29. The van der Waals surface area contributed by atoms with Gasteiger partial charge in [0.25, 0.3) is 5.91 Å². The summed E-state index contributed by atoms with van der Waals surface area (Å²) in [7, 11) is 0. The van der Waals surface area contributed by atoms with Gasteiger partial charge in [0.15, 0.2) is 6.61 Å². The predicted molar refractivity (Wildman–Crippen MR) is 86.5 cm³/mol. The summed E-state index contributed by atoms with van der Waals surface area (Å²) in [6.07, 6.45) is 0.913. The Labute approximate surface area is 131 Å². The topological polar surface area (TPSA) is 47.6 Å². The van der Waals surface area contributed by atoms with E-state index >= 15 is 0 Å². The third-order valence-corrected chi connectivity index (χ3v) is 3.02. The summed E-state index contributed by atoms with van der Waals surface area (Å²) >= 11 is 0. The van der Waals surface area contributed by atoms with Crippen LogP contribution in [0.2, 0.25) is 0 Å². The highest BCUT2D eigenvalue weighted by Crippen LogP contribution is 2.24. The molecule has 22 heavy (non-hydrogen) atoms. The molecule has 1 amide bonds. The molecule has 0 fully saturated rings. The molecule has 116 valence electrons. The van der Waals surface area contributed by atoms with Crippen molar-refractivity contribution in [1.29, 1.82) is 0 Å². The van der Waals surface area contributed by atoms with Crippen LogP contribution in [0.5, 0.6) is 17.2 Å². The molecule has 0 bridgehead atoms. The van der Waals surface area contributed by atoms with Gasteiger partial charge in [0.2, 0.25) is 0 Å². The second kappa shape index (κ2) is 8.08. The molecule has 2 aromatic carbocycles. The smallest absolute Gasteiger partial charge is 0.257 e. The first-order valence-corrected chi connectivity index (χ1v) is 7.41. The van der Waals surface area contributed by atoms with Gasteiger partial charge in [0, 0.05) is 6.54 Å². The number of amides is 1. The van der Waals surface area contributed by atoms with Crippen LogP contribution in [0.1, 0.15) is 18.9 Å². The highest BCUT2D eigenvalue weighted by atomic mass is 16.5. The van der Waals surface area contributed by atoms with E-state index in [1.807, 2.05) is 50.2 Å². The first-order chi connectivity index (χ1) is 10.7. The number of carbonyl (C=O) groups excluding carboxylic acids is 1. The van der Waals surface area contributed by atoms with Crippen LogP contribution in [0.25, 0.3) is 0 Å². The van der Waals surface area contributed by atoms with Crippen LogP contribution in [0.3, 0.4) is 0 Å². The van der Waals surface area contributed by atoms with Gasteiger partial charge in [0.1, 0.15) is 17.2 Å². The van der Waals surface area contributed by atoms with Gasteiger partial charge in [-0.3, -0.25) is 4.79 Å². The van der Waals surface area contributed by atoms with Crippen molar-refractivity contribution in [2.75, 3.05) is 13.2 Å². The molecule has 2 rings (SSSR count). The molecule has 0 radical (unpaired) electrons. The molecule has 0 heterocycles. The number of carbonyl (C=O) groups is 1. The Morgan fingerprint density at radius 2 is 1.50 bits per heavy atom. The largest absolute Gasteiger partial charge is 0.484 e. The molecular formula is C18H21NO3. The molecule has 0 aliphatic rings. The van der Waals surface area contributed by atoms with Crippen LogP contribution in [-0.2, 0) is 4.79 Å². The number of ether oxygens (including phenoxy) is 2. The molecule has 4 heteroatoms. The van der Waals surface area contributed by atoms with Crippen LogP contribution in [0, 0.1) is 6.92 Å². The standard InChI is InChI=1S/C18H21NO3/c1-3-12-19-18(20)13-21-15-8-10-17(11-9-15)22-16-6-4-14(2)5-7-16/h4-11H,3,12-13H2,1-2H3,(H,19,20). The zero-order valence-electron chi connectivity index (χ0n) is 13.0. The van der Waals surface area contributed by atoms with Crippen LogP contribution < -0.4 is 14.8 Å². The predicted octanol–water partition coefficient (Wildman–Crippen LogP) is 3.69. The minimum Gasteiger partial charge on any atom is -0.484 e. The van der Waals surface area contributed by atoms with Gasteiger partial charge in [0.05, 0.1) is 0 Å². The third-order valence-electron chi connectivity index (χ3n) is 3.02. The quantitative estimate of drug-likeness (QED) is 0.848. The van der Waals surface area contributed by atoms with Gasteiger partial charge in [-0.05, 0) is 49.7 Å². The van der Waals surface area contributed by atoms with E-state index < -0.39 is 0 Å². The Kier molecular flexibility index (Phi) is 5.83. The fourth-order valence-corrected chi connectivity index (χ4v) is 1.81. The summed E-state index contributed by atoms with van der Waals surface area (Å²) in [4.78, 5) is 11.5. The SMILES string of the molecule is CCCNC(=O)COc1ccc(Oc2ccc(C)cc2)cc1. The molecule has 0 spiro atoms. The zero-order chi connectivity index (χ0) is 15.8. The second-order valence-corrected chi connectivity index (χ2v) is 5.03. The monoisotopic (exact) mass is 299 g/mol. The van der Waals surface area contributed by atoms with Gasteiger partial charge >= 0.3 is 0 Å². The number of benzene rings is 2. The first-order valence-electron chi connectivity index (χ1n) is 7.41. The normalized spacial score (nSPS) is 10.1. The van der Waals surface area contributed by atoms with E-state index in [0.717, 1.165) is 17.9 Å². The lowest BCUT2D eigenvalue weighted by atomic mass is 10.2. The Morgan fingerprint density at radius 1 is 0.955 bits per heavy atom. The van der Waals surface area contributed by atoms with Gasteiger partial charge in [-0.25, -0.2) is 0 Å². The molecule has 0 aromatic heterocycles. The van der Waals surface area contributed by atoms with E-state index in [-0.39, 0.29) is 12.5 Å². The average molecular weight is 299 g/mol. The summed E-state index contributed by atoms with van der Waals surface area (Å²) in [6.45, 7) is 4.74. The second-order valence-electron chi connectivity index (χ2n) is 5.03. The maximum Gasteiger partial charge on any atom is 0.257 e. The number of aryl methyl sites for hydroxylation is 1. The van der Waals surface area contributed by atoms with Crippen molar-refractivity contribution < 1.29 is 14.3 Å². The van der Waals surface area contributed by atoms with Crippen LogP contribution in [0.4, 0.5) is 0 Å². The molecule has 0 saturated carbocycles. The fourth-order valence-electron chi connectivity index (χ4n) is 1.81. The molecule has 0 aliphatic heterocycles. The van der Waals surface area contributed by atoms with Crippen LogP contribution >= 0.6 is 0 Å². The molecule has 0 atom stereocenters. The van der Waals surface area contributed by atoms with Crippen LogP contribution in [-0.4, -0.2) is 19.1 Å². The molecular weight excluding hydrogens is 278 g/mol. The summed E-state index contributed by atoms with van der Waals surface area (Å²) in [5, 5.41) is 2.76. The number of nitrogens with one attached hydrogen (secondary N) is 1. The van der Waals surface area contributed by atoms with Gasteiger partial charge in [-0.1, -0.05) is 24.6 Å². The zero-order valence-corrected chi connectivity index (χ0v) is 13.0. The number of hydrogen-bond acceptors (Lipinski definition) is 3. The van der Waals surface area contributed by atoms with Crippen molar-refractivity contribution in [2.24, 2.45) is 0 Å². The van der Waals surface area contributed by atoms with Gasteiger partial charge < -0.3 is 14.8 Å².